The van der Waals surface area contributed by atoms with Crippen LogP contribution in [0.15, 0.2) is 60.9 Å². The lowest BCUT2D eigenvalue weighted by atomic mass is 9.84. The molecule has 5 rings (SSSR count). The van der Waals surface area contributed by atoms with E-state index < -0.39 is 29.6 Å². The summed E-state index contributed by atoms with van der Waals surface area (Å²) in [7, 11) is 0. The molecule has 9 heteroatoms. The number of esters is 2. The van der Waals surface area contributed by atoms with E-state index in [4.69, 9.17) is 9.47 Å². The van der Waals surface area contributed by atoms with Crippen LogP contribution in [0.3, 0.4) is 0 Å². The van der Waals surface area contributed by atoms with Crippen molar-refractivity contribution in [2.75, 3.05) is 0 Å². The van der Waals surface area contributed by atoms with Crippen molar-refractivity contribution in [1.82, 2.24) is 14.5 Å². The Bertz CT molecular complexity index is 1460. The average Bonchev–Trinajstić information content (AvgIpc) is 3.04. The molecule has 9 nitrogen and oxygen atoms in total. The number of carbonyl (C=O) groups excluding carboxylic acids is 2. The van der Waals surface area contributed by atoms with Crippen molar-refractivity contribution in [1.29, 1.82) is 0 Å². The Hall–Kier alpha value is -4.27. The maximum atomic E-state index is 13.6. The monoisotopic (exact) mass is 486 g/mol. The second kappa shape index (κ2) is 8.75. The van der Waals surface area contributed by atoms with E-state index in [0.717, 1.165) is 16.0 Å². The van der Waals surface area contributed by atoms with Gasteiger partial charge in [-0.15, -0.1) is 0 Å². The van der Waals surface area contributed by atoms with Gasteiger partial charge < -0.3 is 14.7 Å². The number of hydrogen-bond acceptors (Lipinski definition) is 7. The Morgan fingerprint density at radius 1 is 1.00 bits per heavy atom. The molecular formula is C27H26N4O5. The lowest BCUT2D eigenvalue weighted by molar-refractivity contribution is -0.621. The van der Waals surface area contributed by atoms with Gasteiger partial charge in [-0.05, 0) is 23.3 Å². The van der Waals surface area contributed by atoms with Crippen molar-refractivity contribution in [3.63, 3.8) is 0 Å². The predicted octanol–water partition coefficient (Wildman–Crippen LogP) is 3.31. The summed E-state index contributed by atoms with van der Waals surface area (Å²) >= 11 is 0. The summed E-state index contributed by atoms with van der Waals surface area (Å²) in [4.78, 5) is 35.2. The molecule has 1 saturated heterocycles. The topological polar surface area (TPSA) is 110 Å². The Kier molecular flexibility index (Phi) is 5.70. The van der Waals surface area contributed by atoms with Gasteiger partial charge in [0.15, 0.2) is 5.92 Å². The van der Waals surface area contributed by atoms with Gasteiger partial charge in [0.25, 0.3) is 11.6 Å². The number of ether oxygens (including phenoxy) is 2. The van der Waals surface area contributed by atoms with Crippen LogP contribution in [-0.4, -0.2) is 32.3 Å². The van der Waals surface area contributed by atoms with Crippen LogP contribution >= 0.6 is 0 Å². The van der Waals surface area contributed by atoms with Gasteiger partial charge in [0.2, 0.25) is 0 Å². The van der Waals surface area contributed by atoms with Crippen molar-refractivity contribution >= 4 is 23.0 Å². The fraction of sp³-hybridized carbons (Fsp3) is 0.296. The first-order valence-electron chi connectivity index (χ1n) is 11.7. The van der Waals surface area contributed by atoms with Gasteiger partial charge in [-0.3, -0.25) is 19.6 Å². The van der Waals surface area contributed by atoms with E-state index in [-0.39, 0.29) is 5.82 Å². The van der Waals surface area contributed by atoms with Crippen molar-refractivity contribution < 1.29 is 23.8 Å². The highest BCUT2D eigenvalue weighted by Crippen LogP contribution is 2.38. The van der Waals surface area contributed by atoms with Crippen LogP contribution in [0.2, 0.25) is 0 Å². The van der Waals surface area contributed by atoms with Crippen molar-refractivity contribution in [2.45, 2.75) is 45.9 Å². The van der Waals surface area contributed by atoms with E-state index in [1.54, 1.807) is 37.5 Å². The molecular weight excluding hydrogens is 460 g/mol. The SMILES string of the molecule is Cc1c(C)[n+]([O-])c([C@@H](c2ccc3nccnc3c2)C2C(=O)OC(C)(C)OC2=O)n1Cc1ccccc1. The predicted molar refractivity (Wildman–Crippen MR) is 130 cm³/mol. The number of carbonyl (C=O) groups is 2. The maximum absolute atomic E-state index is 13.6. The number of aromatic nitrogens is 4. The Balaban J connectivity index is 1.74. The van der Waals surface area contributed by atoms with Crippen molar-refractivity contribution in [3.8, 4) is 0 Å². The summed E-state index contributed by atoms with van der Waals surface area (Å²) in [6.07, 6.45) is 3.15. The first-order chi connectivity index (χ1) is 17.2. The molecule has 0 spiro atoms. The lowest BCUT2D eigenvalue weighted by Gasteiger charge is -2.35. The third-order valence-electron chi connectivity index (χ3n) is 6.57. The minimum Gasteiger partial charge on any atom is -0.711 e. The molecule has 1 atom stereocenters. The summed E-state index contributed by atoms with van der Waals surface area (Å²) in [6, 6.07) is 14.9. The van der Waals surface area contributed by atoms with Crippen LogP contribution in [0.4, 0.5) is 0 Å². The van der Waals surface area contributed by atoms with Crippen LogP contribution in [0, 0.1) is 25.0 Å². The molecule has 0 N–H and O–H groups in total. The minimum atomic E-state index is -1.39. The molecule has 2 aromatic carbocycles. The second-order valence-corrected chi connectivity index (χ2v) is 9.40. The van der Waals surface area contributed by atoms with E-state index in [1.807, 2.05) is 41.8 Å². The second-order valence-electron chi connectivity index (χ2n) is 9.40. The molecule has 0 radical (unpaired) electrons. The number of cyclic esters (lactones) is 2. The Labute approximate surface area is 207 Å². The maximum Gasteiger partial charge on any atom is 0.324 e. The standard InChI is InChI=1S/C27H26N4O5/c1-16-17(2)31(34)24(30(16)15-18-8-6-5-7-9-18)22(23-25(32)35-27(3,4)36-26(23)33)19-10-11-20-21(14-19)29-13-12-28-20/h5-14,22-23H,15H2,1-4H3/t22-/m0/s1. The third-order valence-corrected chi connectivity index (χ3v) is 6.57. The van der Waals surface area contributed by atoms with E-state index in [0.29, 0.717) is 28.8 Å². The number of hydrogen-bond donors (Lipinski definition) is 0. The molecule has 0 bridgehead atoms. The smallest absolute Gasteiger partial charge is 0.324 e. The Morgan fingerprint density at radius 2 is 1.64 bits per heavy atom. The highest BCUT2D eigenvalue weighted by Gasteiger charge is 2.52. The lowest BCUT2D eigenvalue weighted by Crippen LogP contribution is -2.50. The van der Waals surface area contributed by atoms with Gasteiger partial charge in [0, 0.05) is 40.1 Å². The number of imidazole rings is 1. The molecule has 3 heterocycles. The number of benzene rings is 2. The first kappa shape index (κ1) is 23.5. The normalized spacial score (nSPS) is 16.6. The fourth-order valence-corrected chi connectivity index (χ4v) is 4.72. The summed E-state index contributed by atoms with van der Waals surface area (Å²) in [6.45, 7) is 6.94. The highest BCUT2D eigenvalue weighted by atomic mass is 16.7. The molecule has 0 amide bonds. The number of nitrogens with zero attached hydrogens (tertiary/aromatic N) is 4. The number of rotatable bonds is 5. The first-order valence-corrected chi connectivity index (χ1v) is 11.7. The molecule has 1 aliphatic heterocycles. The van der Waals surface area contributed by atoms with Crippen molar-refractivity contribution in [3.05, 3.63) is 94.5 Å². The zero-order valence-corrected chi connectivity index (χ0v) is 20.5. The molecule has 36 heavy (non-hydrogen) atoms. The molecule has 0 unspecified atom stereocenters. The van der Waals surface area contributed by atoms with E-state index in [2.05, 4.69) is 9.97 Å². The van der Waals surface area contributed by atoms with E-state index in [9.17, 15) is 14.8 Å². The zero-order chi connectivity index (χ0) is 25.6. The molecule has 2 aromatic heterocycles. The third kappa shape index (κ3) is 4.06. The van der Waals surface area contributed by atoms with Crippen LogP contribution < -0.4 is 4.73 Å². The molecule has 0 saturated carbocycles. The summed E-state index contributed by atoms with van der Waals surface area (Å²) in [5, 5.41) is 13.6. The molecule has 1 aliphatic rings. The summed E-state index contributed by atoms with van der Waals surface area (Å²) in [5.41, 5.74) is 3.95. The van der Waals surface area contributed by atoms with Gasteiger partial charge in [-0.25, -0.2) is 9.30 Å². The van der Waals surface area contributed by atoms with Gasteiger partial charge >= 0.3 is 11.9 Å². The molecule has 1 fully saturated rings. The van der Waals surface area contributed by atoms with E-state index in [1.165, 1.54) is 13.8 Å². The molecule has 4 aromatic rings. The van der Waals surface area contributed by atoms with Gasteiger partial charge in [-0.2, -0.15) is 0 Å². The van der Waals surface area contributed by atoms with Crippen LogP contribution in [0.25, 0.3) is 11.0 Å². The van der Waals surface area contributed by atoms with Crippen LogP contribution in [0.1, 0.15) is 48.1 Å². The minimum absolute atomic E-state index is 0.246. The fourth-order valence-electron chi connectivity index (χ4n) is 4.72. The van der Waals surface area contributed by atoms with Gasteiger partial charge in [0.05, 0.1) is 11.0 Å². The zero-order valence-electron chi connectivity index (χ0n) is 20.5. The highest BCUT2D eigenvalue weighted by molar-refractivity contribution is 5.98. The average molecular weight is 487 g/mol. The number of fused-ring (bicyclic) bond motifs is 1. The molecule has 0 aliphatic carbocycles. The quantitative estimate of drug-likeness (QED) is 0.184. The van der Waals surface area contributed by atoms with Gasteiger partial charge in [-0.1, -0.05) is 36.4 Å². The Morgan fingerprint density at radius 3 is 2.31 bits per heavy atom. The molecule has 184 valence electrons. The van der Waals surface area contributed by atoms with Crippen LogP contribution in [0.5, 0.6) is 0 Å². The summed E-state index contributed by atoms with van der Waals surface area (Å²) < 4.78 is 13.6. The van der Waals surface area contributed by atoms with Gasteiger partial charge in [0.1, 0.15) is 23.9 Å². The van der Waals surface area contributed by atoms with Crippen LogP contribution in [-0.2, 0) is 25.6 Å². The summed E-state index contributed by atoms with van der Waals surface area (Å²) in [5.74, 6) is -5.01. The van der Waals surface area contributed by atoms with E-state index >= 15 is 0 Å². The largest absolute Gasteiger partial charge is 0.711 e. The van der Waals surface area contributed by atoms with Crippen molar-refractivity contribution in [2.24, 2.45) is 5.92 Å².